The van der Waals surface area contributed by atoms with Gasteiger partial charge in [-0.25, -0.2) is 0 Å². The number of rotatable bonds is 2. The second-order valence-electron chi connectivity index (χ2n) is 2.72. The second-order valence-corrected chi connectivity index (χ2v) is 2.72. The molecule has 0 N–H and O–H groups in total. The number of nitrogens with zero attached hydrogens (tertiary/aromatic N) is 1. The molecule has 0 saturated carbocycles. The van der Waals surface area contributed by atoms with Crippen LogP contribution < -0.4 is 0 Å². The molecule has 0 unspecified atom stereocenters. The van der Waals surface area contributed by atoms with E-state index in [2.05, 4.69) is 0 Å². The average molecular weight is 209 g/mol. The summed E-state index contributed by atoms with van der Waals surface area (Å²) in [6.07, 6.45) is -4.31. The number of ketones is 1. The fourth-order valence-corrected chi connectivity index (χ4v) is 0.731. The van der Waals surface area contributed by atoms with Crippen LogP contribution in [0.25, 0.3) is 0 Å². The van der Waals surface area contributed by atoms with E-state index in [0.717, 1.165) is 20.9 Å². The predicted octanol–water partition coefficient (Wildman–Crippen LogP) is 1.50. The number of alkyl halides is 3. The van der Waals surface area contributed by atoms with Crippen LogP contribution in [0.2, 0.25) is 0 Å². The van der Waals surface area contributed by atoms with Gasteiger partial charge >= 0.3 is 6.18 Å². The highest BCUT2D eigenvalue weighted by molar-refractivity contribution is 5.89. The van der Waals surface area contributed by atoms with E-state index in [-0.39, 0.29) is 0 Å². The Hall–Kier alpha value is -1.33. The predicted molar refractivity (Wildman–Crippen MR) is 43.3 cm³/mol. The lowest BCUT2D eigenvalue weighted by molar-refractivity contribution is -0.138. The standard InChI is InChI=1S/C8H10F3NO2/c1-5(13)4-7(8(9,10)11)12(3)6(2)14/h4H,1-3H3/b7-4-. The van der Waals surface area contributed by atoms with E-state index in [4.69, 9.17) is 0 Å². The van der Waals surface area contributed by atoms with Crippen LogP contribution in [-0.2, 0) is 9.59 Å². The molecule has 0 rings (SSSR count). The summed E-state index contributed by atoms with van der Waals surface area (Å²) in [5, 5.41) is 0. The molecule has 0 atom stereocenters. The van der Waals surface area contributed by atoms with Gasteiger partial charge in [-0.2, -0.15) is 13.2 Å². The third kappa shape index (κ3) is 3.59. The SMILES string of the molecule is CC(=O)/C=C(\N(C)C(C)=O)C(F)(F)F. The first-order chi connectivity index (χ1) is 6.16. The summed E-state index contributed by atoms with van der Waals surface area (Å²) in [5.41, 5.74) is -1.25. The minimum Gasteiger partial charge on any atom is -0.311 e. The van der Waals surface area contributed by atoms with Gasteiger partial charge in [-0.15, -0.1) is 0 Å². The first kappa shape index (κ1) is 12.7. The molecule has 0 spiro atoms. The van der Waals surface area contributed by atoms with Crippen molar-refractivity contribution in [1.82, 2.24) is 4.90 Å². The Morgan fingerprint density at radius 1 is 1.21 bits per heavy atom. The maximum atomic E-state index is 12.3. The molecule has 0 aliphatic carbocycles. The fraction of sp³-hybridized carbons (Fsp3) is 0.500. The van der Waals surface area contributed by atoms with Crippen molar-refractivity contribution in [2.24, 2.45) is 0 Å². The first-order valence-electron chi connectivity index (χ1n) is 3.70. The minimum absolute atomic E-state index is 0.390. The fourth-order valence-electron chi connectivity index (χ4n) is 0.731. The van der Waals surface area contributed by atoms with Crippen LogP contribution in [0.15, 0.2) is 11.8 Å². The highest BCUT2D eigenvalue weighted by atomic mass is 19.4. The number of hydrogen-bond acceptors (Lipinski definition) is 2. The quantitative estimate of drug-likeness (QED) is 0.646. The second kappa shape index (κ2) is 4.26. The van der Waals surface area contributed by atoms with Crippen LogP contribution in [0.1, 0.15) is 13.8 Å². The molecule has 0 heterocycles. The van der Waals surface area contributed by atoms with E-state index < -0.39 is 23.6 Å². The number of hydrogen-bond donors (Lipinski definition) is 0. The van der Waals surface area contributed by atoms with Crippen molar-refractivity contribution in [3.8, 4) is 0 Å². The Balaban J connectivity index is 5.13. The van der Waals surface area contributed by atoms with Crippen LogP contribution in [0.4, 0.5) is 13.2 Å². The summed E-state index contributed by atoms with van der Waals surface area (Å²) in [5.74, 6) is -1.54. The van der Waals surface area contributed by atoms with Gasteiger partial charge in [0.15, 0.2) is 5.78 Å². The number of carbonyl (C=O) groups is 2. The highest BCUT2D eigenvalue weighted by Gasteiger charge is 2.37. The summed E-state index contributed by atoms with van der Waals surface area (Å²) < 4.78 is 36.8. The van der Waals surface area contributed by atoms with Crippen molar-refractivity contribution in [2.75, 3.05) is 7.05 Å². The normalized spacial score (nSPS) is 12.6. The van der Waals surface area contributed by atoms with Crippen LogP contribution in [0, 0.1) is 0 Å². The molecule has 1 amide bonds. The van der Waals surface area contributed by atoms with Crippen molar-refractivity contribution >= 4 is 11.7 Å². The van der Waals surface area contributed by atoms with Crippen LogP contribution >= 0.6 is 0 Å². The summed E-state index contributed by atoms with van der Waals surface area (Å²) in [4.78, 5) is 21.6. The molecule has 0 aromatic heterocycles. The Morgan fingerprint density at radius 2 is 1.64 bits per heavy atom. The molecule has 0 aliphatic heterocycles. The molecule has 0 aromatic rings. The van der Waals surface area contributed by atoms with Gasteiger partial charge in [0.05, 0.1) is 0 Å². The van der Waals surface area contributed by atoms with Gasteiger partial charge in [-0.3, -0.25) is 9.59 Å². The molecule has 0 saturated heterocycles. The van der Waals surface area contributed by atoms with Gasteiger partial charge in [0.25, 0.3) is 0 Å². The molecule has 0 bridgehead atoms. The maximum absolute atomic E-state index is 12.3. The summed E-state index contributed by atoms with van der Waals surface area (Å²) in [6, 6.07) is 0. The largest absolute Gasteiger partial charge is 0.431 e. The molecular formula is C8H10F3NO2. The summed E-state index contributed by atoms with van der Waals surface area (Å²) >= 11 is 0. The molecular weight excluding hydrogens is 199 g/mol. The lowest BCUT2D eigenvalue weighted by atomic mass is 10.3. The molecule has 3 nitrogen and oxygen atoms in total. The zero-order chi connectivity index (χ0) is 11.5. The third-order valence-electron chi connectivity index (χ3n) is 1.46. The van der Waals surface area contributed by atoms with Crippen molar-refractivity contribution in [1.29, 1.82) is 0 Å². The Morgan fingerprint density at radius 3 is 1.86 bits per heavy atom. The van der Waals surface area contributed by atoms with E-state index in [0.29, 0.717) is 11.0 Å². The van der Waals surface area contributed by atoms with Gasteiger partial charge in [-0.1, -0.05) is 0 Å². The Labute approximate surface area is 79.2 Å². The monoisotopic (exact) mass is 209 g/mol. The van der Waals surface area contributed by atoms with E-state index in [1.54, 1.807) is 0 Å². The van der Waals surface area contributed by atoms with Gasteiger partial charge < -0.3 is 4.90 Å². The van der Waals surface area contributed by atoms with E-state index in [1.807, 2.05) is 0 Å². The lowest BCUT2D eigenvalue weighted by Crippen LogP contribution is -2.32. The van der Waals surface area contributed by atoms with Crippen LogP contribution in [0.5, 0.6) is 0 Å². The Bertz CT molecular complexity index is 281. The molecule has 14 heavy (non-hydrogen) atoms. The van der Waals surface area contributed by atoms with Crippen molar-refractivity contribution in [2.45, 2.75) is 20.0 Å². The molecule has 0 radical (unpaired) electrons. The van der Waals surface area contributed by atoms with Crippen molar-refractivity contribution in [3.05, 3.63) is 11.8 Å². The molecule has 0 aliphatic rings. The number of carbonyl (C=O) groups excluding carboxylic acids is 2. The van der Waals surface area contributed by atoms with E-state index in [1.165, 1.54) is 0 Å². The Kier molecular flexibility index (Phi) is 3.85. The van der Waals surface area contributed by atoms with E-state index in [9.17, 15) is 22.8 Å². The smallest absolute Gasteiger partial charge is 0.311 e. The van der Waals surface area contributed by atoms with Gasteiger partial charge in [0, 0.05) is 20.0 Å². The average Bonchev–Trinajstić information content (AvgIpc) is 1.96. The van der Waals surface area contributed by atoms with Crippen LogP contribution in [0.3, 0.4) is 0 Å². The summed E-state index contributed by atoms with van der Waals surface area (Å²) in [6.45, 7) is 1.97. The molecule has 6 heteroatoms. The number of halogens is 3. The van der Waals surface area contributed by atoms with Crippen molar-refractivity contribution in [3.63, 3.8) is 0 Å². The third-order valence-corrected chi connectivity index (χ3v) is 1.46. The van der Waals surface area contributed by atoms with Gasteiger partial charge in [-0.05, 0) is 6.92 Å². The number of amides is 1. The lowest BCUT2D eigenvalue weighted by Gasteiger charge is -2.20. The zero-order valence-electron chi connectivity index (χ0n) is 7.97. The minimum atomic E-state index is -4.70. The molecule has 0 fully saturated rings. The number of allylic oxidation sites excluding steroid dienone is 2. The highest BCUT2D eigenvalue weighted by Crippen LogP contribution is 2.27. The molecule has 0 aromatic carbocycles. The van der Waals surface area contributed by atoms with Crippen molar-refractivity contribution < 1.29 is 22.8 Å². The maximum Gasteiger partial charge on any atom is 0.431 e. The molecule has 80 valence electrons. The summed E-state index contributed by atoms with van der Waals surface area (Å²) in [7, 11) is 0.963. The topological polar surface area (TPSA) is 37.4 Å². The van der Waals surface area contributed by atoms with E-state index >= 15 is 0 Å². The zero-order valence-corrected chi connectivity index (χ0v) is 7.97. The van der Waals surface area contributed by atoms with Gasteiger partial charge in [0.1, 0.15) is 5.70 Å². The first-order valence-corrected chi connectivity index (χ1v) is 3.70. The van der Waals surface area contributed by atoms with Crippen LogP contribution in [-0.4, -0.2) is 29.8 Å². The van der Waals surface area contributed by atoms with Gasteiger partial charge in [0.2, 0.25) is 5.91 Å².